The summed E-state index contributed by atoms with van der Waals surface area (Å²) >= 11 is 5.26. The van der Waals surface area contributed by atoms with E-state index in [0.29, 0.717) is 10.6 Å². The van der Waals surface area contributed by atoms with E-state index in [4.69, 9.17) is 17.0 Å². The van der Waals surface area contributed by atoms with E-state index in [2.05, 4.69) is 20.4 Å². The van der Waals surface area contributed by atoms with E-state index in [0.717, 1.165) is 30.7 Å². The van der Waals surface area contributed by atoms with Gasteiger partial charge in [0.05, 0.1) is 18.1 Å². The molecule has 0 saturated carbocycles. The lowest BCUT2D eigenvalue weighted by atomic mass is 10.2. The van der Waals surface area contributed by atoms with Gasteiger partial charge in [0.2, 0.25) is 4.77 Å². The molecule has 1 aliphatic rings. The van der Waals surface area contributed by atoms with E-state index in [-0.39, 0.29) is 6.10 Å². The van der Waals surface area contributed by atoms with Crippen LogP contribution in [0.1, 0.15) is 30.3 Å². The Balaban J connectivity index is 1.59. The standard InChI is InChI=1S/C16H16N6OS/c24-16-20-19-15(14-7-4-8-23-14)22(16)18-10-12-9-17-21(11-12)13-5-2-1-3-6-13/h1-3,5-6,9-11,14H,4,7-8H2,(H,20,24)/b18-10-/t14-/m1/s1. The third-order valence-electron chi connectivity index (χ3n) is 3.84. The van der Waals surface area contributed by atoms with E-state index in [1.165, 1.54) is 0 Å². The van der Waals surface area contributed by atoms with Crippen molar-refractivity contribution in [1.82, 2.24) is 24.7 Å². The molecule has 0 spiro atoms. The first-order valence-corrected chi connectivity index (χ1v) is 8.15. The number of hydrogen-bond acceptors (Lipinski definition) is 5. The second kappa shape index (κ2) is 6.50. The number of para-hydroxylation sites is 1. The van der Waals surface area contributed by atoms with Crippen LogP contribution in [0.25, 0.3) is 5.69 Å². The molecule has 8 heteroatoms. The van der Waals surface area contributed by atoms with Gasteiger partial charge in [0.15, 0.2) is 5.82 Å². The van der Waals surface area contributed by atoms with Crippen LogP contribution in [0.15, 0.2) is 47.8 Å². The van der Waals surface area contributed by atoms with Crippen LogP contribution in [-0.4, -0.2) is 37.5 Å². The number of benzene rings is 1. The average molecular weight is 340 g/mol. The summed E-state index contributed by atoms with van der Waals surface area (Å²) in [6.45, 7) is 0.748. The Hall–Kier alpha value is -2.58. The number of aromatic nitrogens is 5. The van der Waals surface area contributed by atoms with Gasteiger partial charge in [0.25, 0.3) is 0 Å². The molecule has 0 aliphatic carbocycles. The summed E-state index contributed by atoms with van der Waals surface area (Å²) in [5.41, 5.74) is 1.87. The van der Waals surface area contributed by atoms with Crippen molar-refractivity contribution in [2.45, 2.75) is 18.9 Å². The number of nitrogens with zero attached hydrogens (tertiary/aromatic N) is 5. The maximum Gasteiger partial charge on any atom is 0.216 e. The zero-order chi connectivity index (χ0) is 16.4. The van der Waals surface area contributed by atoms with Gasteiger partial charge in [0.1, 0.15) is 6.10 Å². The SMILES string of the molecule is S=c1[nH]nc([C@H]2CCCO2)n1/N=C\c1cnn(-c2ccccc2)c1. The minimum Gasteiger partial charge on any atom is -0.370 e. The van der Waals surface area contributed by atoms with Gasteiger partial charge in [-0.3, -0.25) is 5.10 Å². The third-order valence-corrected chi connectivity index (χ3v) is 4.10. The van der Waals surface area contributed by atoms with Crippen molar-refractivity contribution < 1.29 is 4.74 Å². The lowest BCUT2D eigenvalue weighted by molar-refractivity contribution is 0.102. The minimum absolute atomic E-state index is 0.0536. The Morgan fingerprint density at radius 2 is 2.21 bits per heavy atom. The summed E-state index contributed by atoms with van der Waals surface area (Å²) in [7, 11) is 0. The Morgan fingerprint density at radius 1 is 1.33 bits per heavy atom. The molecule has 1 N–H and O–H groups in total. The molecule has 1 atom stereocenters. The smallest absolute Gasteiger partial charge is 0.216 e. The van der Waals surface area contributed by atoms with E-state index in [1.54, 1.807) is 21.8 Å². The summed E-state index contributed by atoms with van der Waals surface area (Å²) in [6.07, 6.45) is 7.29. The van der Waals surface area contributed by atoms with Crippen molar-refractivity contribution in [2.75, 3.05) is 6.61 Å². The molecule has 1 aliphatic heterocycles. The third kappa shape index (κ3) is 2.93. The highest BCUT2D eigenvalue weighted by Gasteiger charge is 2.23. The molecule has 3 aromatic rings. The Kier molecular flexibility index (Phi) is 4.06. The van der Waals surface area contributed by atoms with Crippen LogP contribution in [0.4, 0.5) is 0 Å². The van der Waals surface area contributed by atoms with Gasteiger partial charge in [0, 0.05) is 18.4 Å². The fourth-order valence-electron chi connectivity index (χ4n) is 2.65. The lowest BCUT2D eigenvalue weighted by Crippen LogP contribution is -2.05. The topological polar surface area (TPSA) is 73.0 Å². The zero-order valence-corrected chi connectivity index (χ0v) is 13.7. The van der Waals surface area contributed by atoms with Gasteiger partial charge in [-0.05, 0) is 37.2 Å². The normalized spacial score (nSPS) is 17.8. The Morgan fingerprint density at radius 3 is 3.00 bits per heavy atom. The quantitative estimate of drug-likeness (QED) is 0.585. The number of hydrogen-bond donors (Lipinski definition) is 1. The molecule has 1 aromatic carbocycles. The summed E-state index contributed by atoms with van der Waals surface area (Å²) in [5, 5.41) is 15.8. The maximum absolute atomic E-state index is 5.67. The first kappa shape index (κ1) is 15.0. The molecule has 3 heterocycles. The van der Waals surface area contributed by atoms with Crippen LogP contribution in [0.5, 0.6) is 0 Å². The van der Waals surface area contributed by atoms with Crippen molar-refractivity contribution in [3.05, 3.63) is 58.9 Å². The monoisotopic (exact) mass is 340 g/mol. The lowest BCUT2D eigenvalue weighted by Gasteiger charge is -2.06. The number of nitrogens with one attached hydrogen (secondary N) is 1. The second-order valence-corrected chi connectivity index (χ2v) is 5.89. The molecule has 122 valence electrons. The van der Waals surface area contributed by atoms with E-state index in [1.807, 2.05) is 36.5 Å². The molecule has 7 nitrogen and oxygen atoms in total. The molecule has 1 saturated heterocycles. The average Bonchev–Trinajstić information content (AvgIpc) is 3.35. The number of rotatable bonds is 4. The maximum atomic E-state index is 5.67. The molecule has 0 bridgehead atoms. The molecular formula is C16H16N6OS. The van der Waals surface area contributed by atoms with E-state index < -0.39 is 0 Å². The summed E-state index contributed by atoms with van der Waals surface area (Å²) in [4.78, 5) is 0. The first-order valence-electron chi connectivity index (χ1n) is 7.74. The number of H-pyrrole nitrogens is 1. The minimum atomic E-state index is -0.0536. The molecule has 2 aromatic heterocycles. The molecule has 0 radical (unpaired) electrons. The van der Waals surface area contributed by atoms with Crippen molar-refractivity contribution in [3.8, 4) is 5.69 Å². The summed E-state index contributed by atoms with van der Waals surface area (Å²) in [6, 6.07) is 9.92. The molecule has 24 heavy (non-hydrogen) atoms. The van der Waals surface area contributed by atoms with Gasteiger partial charge in [-0.2, -0.15) is 20.0 Å². The van der Waals surface area contributed by atoms with E-state index in [9.17, 15) is 0 Å². The van der Waals surface area contributed by atoms with Gasteiger partial charge in [-0.1, -0.05) is 18.2 Å². The highest BCUT2D eigenvalue weighted by Crippen LogP contribution is 2.26. The molecule has 4 rings (SSSR count). The van der Waals surface area contributed by atoms with E-state index >= 15 is 0 Å². The molecular weight excluding hydrogens is 324 g/mol. The van der Waals surface area contributed by atoms with Gasteiger partial charge in [-0.15, -0.1) is 0 Å². The largest absolute Gasteiger partial charge is 0.370 e. The van der Waals surface area contributed by atoms with Gasteiger partial charge < -0.3 is 4.74 Å². The van der Waals surface area contributed by atoms with Crippen LogP contribution in [0.3, 0.4) is 0 Å². The van der Waals surface area contributed by atoms with Crippen LogP contribution in [0.2, 0.25) is 0 Å². The Bertz CT molecular complexity index is 904. The fourth-order valence-corrected chi connectivity index (χ4v) is 2.84. The summed E-state index contributed by atoms with van der Waals surface area (Å²) in [5.74, 6) is 0.712. The van der Waals surface area contributed by atoms with Gasteiger partial charge >= 0.3 is 0 Å². The highest BCUT2D eigenvalue weighted by molar-refractivity contribution is 7.71. The first-order chi connectivity index (χ1) is 11.8. The predicted octanol–water partition coefficient (Wildman–Crippen LogP) is 2.86. The fraction of sp³-hybridized carbons (Fsp3) is 0.250. The molecule has 0 amide bonds. The van der Waals surface area contributed by atoms with Crippen molar-refractivity contribution in [2.24, 2.45) is 5.10 Å². The Labute approximate surface area is 143 Å². The number of aromatic amines is 1. The second-order valence-electron chi connectivity index (χ2n) is 5.50. The van der Waals surface area contributed by atoms with Crippen LogP contribution >= 0.6 is 12.2 Å². The van der Waals surface area contributed by atoms with Crippen LogP contribution in [-0.2, 0) is 4.74 Å². The van der Waals surface area contributed by atoms with Crippen molar-refractivity contribution in [1.29, 1.82) is 0 Å². The van der Waals surface area contributed by atoms with Gasteiger partial charge in [-0.25, -0.2) is 4.68 Å². The summed E-state index contributed by atoms with van der Waals surface area (Å²) < 4.78 is 9.54. The molecule has 0 unspecified atom stereocenters. The number of ether oxygens (including phenoxy) is 1. The molecule has 1 fully saturated rings. The predicted molar refractivity (Wildman–Crippen MR) is 91.9 cm³/mol. The van der Waals surface area contributed by atoms with Crippen LogP contribution < -0.4 is 0 Å². The highest BCUT2D eigenvalue weighted by atomic mass is 32.1. The van der Waals surface area contributed by atoms with Crippen molar-refractivity contribution in [3.63, 3.8) is 0 Å². The zero-order valence-electron chi connectivity index (χ0n) is 12.9. The van der Waals surface area contributed by atoms with Crippen LogP contribution in [0, 0.1) is 4.77 Å². The van der Waals surface area contributed by atoms with Crippen molar-refractivity contribution >= 4 is 18.4 Å².